The zero-order valence-electron chi connectivity index (χ0n) is 7.94. The largest absolute Gasteiger partial charge is 0.478 e. The van der Waals surface area contributed by atoms with Gasteiger partial charge in [0, 0.05) is 18.7 Å². The first kappa shape index (κ1) is 10.4. The molecule has 0 spiro atoms. The van der Waals surface area contributed by atoms with Crippen LogP contribution in [0.5, 0.6) is 0 Å². The summed E-state index contributed by atoms with van der Waals surface area (Å²) in [5.41, 5.74) is 0.940. The summed E-state index contributed by atoms with van der Waals surface area (Å²) < 4.78 is 5.23. The van der Waals surface area contributed by atoms with Crippen molar-refractivity contribution in [2.45, 2.75) is 12.3 Å². The molecule has 0 bridgehead atoms. The normalized spacial score (nSPS) is 20.5. The van der Waals surface area contributed by atoms with E-state index in [0.29, 0.717) is 6.61 Å². The molecule has 0 aromatic carbocycles. The molecule has 1 fully saturated rings. The van der Waals surface area contributed by atoms with E-state index in [2.05, 4.69) is 4.98 Å². The highest BCUT2D eigenvalue weighted by Crippen LogP contribution is 2.26. The first-order chi connectivity index (χ1) is 7.18. The minimum absolute atomic E-state index is 0.0326. The van der Waals surface area contributed by atoms with Crippen LogP contribution >= 0.6 is 11.6 Å². The Kier molecular flexibility index (Phi) is 2.88. The molecule has 0 radical (unpaired) electrons. The molecular weight excluding hydrogens is 218 g/mol. The number of rotatable bonds is 2. The summed E-state index contributed by atoms with van der Waals surface area (Å²) in [4.78, 5) is 14.7. The second-order valence-electron chi connectivity index (χ2n) is 3.47. The first-order valence-electron chi connectivity index (χ1n) is 4.65. The van der Waals surface area contributed by atoms with Gasteiger partial charge in [-0.2, -0.15) is 0 Å². The predicted octanol–water partition coefficient (Wildman–Crippen LogP) is 1.94. The third-order valence-corrected chi connectivity index (χ3v) is 2.79. The molecule has 2 rings (SSSR count). The number of carboxylic acids is 1. The number of ether oxygens (including phenoxy) is 1. The SMILES string of the molecule is O=C(O)c1cc(C2CCOC2)cnc1Cl. The minimum Gasteiger partial charge on any atom is -0.478 e. The van der Waals surface area contributed by atoms with E-state index >= 15 is 0 Å². The van der Waals surface area contributed by atoms with Gasteiger partial charge in [-0.3, -0.25) is 0 Å². The maximum atomic E-state index is 10.8. The van der Waals surface area contributed by atoms with Gasteiger partial charge < -0.3 is 9.84 Å². The number of aromatic nitrogens is 1. The van der Waals surface area contributed by atoms with Gasteiger partial charge in [-0.1, -0.05) is 11.6 Å². The van der Waals surface area contributed by atoms with Crippen LogP contribution in [0.25, 0.3) is 0 Å². The molecule has 0 saturated carbocycles. The molecule has 2 heterocycles. The lowest BCUT2D eigenvalue weighted by atomic mass is 9.99. The van der Waals surface area contributed by atoms with E-state index in [1.165, 1.54) is 0 Å². The first-order valence-corrected chi connectivity index (χ1v) is 5.03. The lowest BCUT2D eigenvalue weighted by Crippen LogP contribution is -2.04. The standard InChI is InChI=1S/C10H10ClNO3/c11-9-8(10(13)14)3-7(4-12-9)6-1-2-15-5-6/h3-4,6H,1-2,5H2,(H,13,14). The molecule has 0 aliphatic carbocycles. The van der Waals surface area contributed by atoms with Crippen molar-refractivity contribution in [3.8, 4) is 0 Å². The van der Waals surface area contributed by atoms with Crippen molar-refractivity contribution in [1.29, 1.82) is 0 Å². The van der Waals surface area contributed by atoms with Gasteiger partial charge in [0.15, 0.2) is 0 Å². The molecule has 1 aliphatic rings. The maximum absolute atomic E-state index is 10.8. The Morgan fingerprint density at radius 1 is 1.67 bits per heavy atom. The third kappa shape index (κ3) is 2.11. The summed E-state index contributed by atoms with van der Waals surface area (Å²) in [7, 11) is 0. The number of hydrogen-bond acceptors (Lipinski definition) is 3. The van der Waals surface area contributed by atoms with Gasteiger partial charge in [0.05, 0.1) is 12.2 Å². The number of halogens is 1. The topological polar surface area (TPSA) is 59.4 Å². The Bertz CT molecular complexity index is 388. The average molecular weight is 228 g/mol. The van der Waals surface area contributed by atoms with Crippen molar-refractivity contribution in [2.24, 2.45) is 0 Å². The van der Waals surface area contributed by atoms with Crippen molar-refractivity contribution >= 4 is 17.6 Å². The fourth-order valence-electron chi connectivity index (χ4n) is 1.63. The second kappa shape index (κ2) is 4.16. The van der Waals surface area contributed by atoms with Gasteiger partial charge >= 0.3 is 5.97 Å². The molecule has 1 N–H and O–H groups in total. The van der Waals surface area contributed by atoms with Crippen LogP contribution in [0, 0.1) is 0 Å². The lowest BCUT2D eigenvalue weighted by molar-refractivity contribution is 0.0696. The molecule has 5 heteroatoms. The molecule has 80 valence electrons. The van der Waals surface area contributed by atoms with Crippen molar-refractivity contribution in [2.75, 3.05) is 13.2 Å². The Morgan fingerprint density at radius 3 is 3.07 bits per heavy atom. The van der Waals surface area contributed by atoms with Crippen LogP contribution in [0.1, 0.15) is 28.3 Å². The van der Waals surface area contributed by atoms with E-state index in [1.54, 1.807) is 12.3 Å². The molecule has 1 unspecified atom stereocenters. The number of nitrogens with zero attached hydrogens (tertiary/aromatic N) is 1. The summed E-state index contributed by atoms with van der Waals surface area (Å²) in [5, 5.41) is 8.91. The molecule has 4 nitrogen and oxygen atoms in total. The zero-order valence-corrected chi connectivity index (χ0v) is 8.70. The fraction of sp³-hybridized carbons (Fsp3) is 0.400. The third-order valence-electron chi connectivity index (χ3n) is 2.49. The summed E-state index contributed by atoms with van der Waals surface area (Å²) in [6.07, 6.45) is 2.52. The Hall–Kier alpha value is -1.13. The van der Waals surface area contributed by atoms with Gasteiger partial charge in [0.25, 0.3) is 0 Å². The van der Waals surface area contributed by atoms with Crippen LogP contribution in [0.15, 0.2) is 12.3 Å². The van der Waals surface area contributed by atoms with Crippen LogP contribution in [0.2, 0.25) is 5.15 Å². The second-order valence-corrected chi connectivity index (χ2v) is 3.83. The van der Waals surface area contributed by atoms with Gasteiger partial charge in [0.2, 0.25) is 0 Å². The van der Waals surface area contributed by atoms with E-state index < -0.39 is 5.97 Å². The number of carbonyl (C=O) groups is 1. The van der Waals surface area contributed by atoms with E-state index in [4.69, 9.17) is 21.4 Å². The van der Waals surface area contributed by atoms with E-state index in [-0.39, 0.29) is 16.6 Å². The van der Waals surface area contributed by atoms with Gasteiger partial charge in [-0.15, -0.1) is 0 Å². The van der Waals surface area contributed by atoms with Crippen LogP contribution in [-0.2, 0) is 4.74 Å². The summed E-state index contributed by atoms with van der Waals surface area (Å²) in [6.45, 7) is 1.35. The van der Waals surface area contributed by atoms with E-state index in [0.717, 1.165) is 18.6 Å². The molecular formula is C10H10ClNO3. The quantitative estimate of drug-likeness (QED) is 0.785. The van der Waals surface area contributed by atoms with Crippen molar-refractivity contribution in [1.82, 2.24) is 4.98 Å². The van der Waals surface area contributed by atoms with Crippen molar-refractivity contribution < 1.29 is 14.6 Å². The Balaban J connectivity index is 2.33. The van der Waals surface area contributed by atoms with Crippen molar-refractivity contribution in [3.63, 3.8) is 0 Å². The minimum atomic E-state index is -1.05. The Labute approximate surface area is 91.8 Å². The zero-order chi connectivity index (χ0) is 10.8. The van der Waals surface area contributed by atoms with Crippen molar-refractivity contribution in [3.05, 3.63) is 28.5 Å². The Morgan fingerprint density at radius 2 is 2.47 bits per heavy atom. The molecule has 1 aliphatic heterocycles. The molecule has 1 aromatic heterocycles. The monoisotopic (exact) mass is 227 g/mol. The van der Waals surface area contributed by atoms with Crippen LogP contribution in [0.3, 0.4) is 0 Å². The van der Waals surface area contributed by atoms with Crippen LogP contribution in [0.4, 0.5) is 0 Å². The van der Waals surface area contributed by atoms with Crippen LogP contribution < -0.4 is 0 Å². The molecule has 1 atom stereocenters. The molecule has 15 heavy (non-hydrogen) atoms. The average Bonchev–Trinajstić information content (AvgIpc) is 2.71. The number of pyridine rings is 1. The molecule has 1 aromatic rings. The van der Waals surface area contributed by atoms with Gasteiger partial charge in [0.1, 0.15) is 5.15 Å². The summed E-state index contributed by atoms with van der Waals surface area (Å²) in [5.74, 6) is -0.805. The fourth-order valence-corrected chi connectivity index (χ4v) is 1.82. The summed E-state index contributed by atoms with van der Waals surface area (Å²) >= 11 is 5.67. The predicted molar refractivity (Wildman–Crippen MR) is 54.4 cm³/mol. The number of hydrogen-bond donors (Lipinski definition) is 1. The highest BCUT2D eigenvalue weighted by molar-refractivity contribution is 6.32. The number of carboxylic acid groups (broad SMARTS) is 1. The van der Waals surface area contributed by atoms with Gasteiger partial charge in [-0.05, 0) is 18.1 Å². The molecule has 0 amide bonds. The highest BCUT2D eigenvalue weighted by Gasteiger charge is 2.20. The van der Waals surface area contributed by atoms with Crippen LogP contribution in [-0.4, -0.2) is 29.3 Å². The maximum Gasteiger partial charge on any atom is 0.338 e. The van der Waals surface area contributed by atoms with E-state index in [1.807, 2.05) is 0 Å². The smallest absolute Gasteiger partial charge is 0.338 e. The molecule has 1 saturated heterocycles. The lowest BCUT2D eigenvalue weighted by Gasteiger charge is -2.08. The number of aromatic carboxylic acids is 1. The van der Waals surface area contributed by atoms with Gasteiger partial charge in [-0.25, -0.2) is 9.78 Å². The van der Waals surface area contributed by atoms with E-state index in [9.17, 15) is 4.79 Å². The highest BCUT2D eigenvalue weighted by atomic mass is 35.5. The summed E-state index contributed by atoms with van der Waals surface area (Å²) in [6, 6.07) is 1.58.